The monoisotopic (exact) mass is 362 g/mol. The van der Waals surface area contributed by atoms with E-state index in [0.29, 0.717) is 13.1 Å². The molecule has 0 fully saturated rings. The maximum absolute atomic E-state index is 12.2. The molecule has 2 rings (SSSR count). The minimum absolute atomic E-state index is 0.0236. The van der Waals surface area contributed by atoms with Crippen LogP contribution in [0.4, 0.5) is 4.79 Å². The third-order valence-corrected chi connectivity index (χ3v) is 10.7. The molecule has 1 heterocycles. The largest absolute Gasteiger partial charge is 0.504 e. The van der Waals surface area contributed by atoms with E-state index in [4.69, 9.17) is 4.74 Å². The molecule has 0 radical (unpaired) electrons. The third kappa shape index (κ3) is 3.40. The zero-order valence-electron chi connectivity index (χ0n) is 16.4. The lowest BCUT2D eigenvalue weighted by Crippen LogP contribution is -2.44. The highest BCUT2D eigenvalue weighted by atomic mass is 28.3. The summed E-state index contributed by atoms with van der Waals surface area (Å²) >= 11 is 0. The first-order valence-electron chi connectivity index (χ1n) is 8.84. The van der Waals surface area contributed by atoms with Crippen LogP contribution in [0.2, 0.25) is 18.1 Å². The van der Waals surface area contributed by atoms with E-state index in [2.05, 4.69) is 38.1 Å². The van der Waals surface area contributed by atoms with Crippen LogP contribution in [-0.4, -0.2) is 41.7 Å². The summed E-state index contributed by atoms with van der Waals surface area (Å²) in [4.78, 5) is 13.7. The van der Waals surface area contributed by atoms with E-state index in [-0.39, 0.29) is 16.5 Å². The van der Waals surface area contributed by atoms with Crippen LogP contribution in [0.3, 0.4) is 0 Å². The molecule has 6 heteroatoms. The van der Waals surface area contributed by atoms with E-state index in [0.717, 1.165) is 10.9 Å². The van der Waals surface area contributed by atoms with Gasteiger partial charge in [-0.3, -0.25) is 0 Å². The number of aromatic nitrogens is 1. The van der Waals surface area contributed by atoms with Gasteiger partial charge < -0.3 is 19.0 Å². The molecule has 0 bridgehead atoms. The van der Waals surface area contributed by atoms with Gasteiger partial charge in [0.15, 0.2) is 19.7 Å². The zero-order valence-corrected chi connectivity index (χ0v) is 17.4. The van der Waals surface area contributed by atoms with Crippen molar-refractivity contribution in [3.8, 4) is 11.5 Å². The highest BCUT2D eigenvalue weighted by Crippen LogP contribution is 2.42. The number of ether oxygens (including phenoxy) is 1. The molecule has 0 aliphatic rings. The second-order valence-electron chi connectivity index (χ2n) is 7.88. The van der Waals surface area contributed by atoms with E-state index in [1.165, 1.54) is 0 Å². The van der Waals surface area contributed by atoms with Gasteiger partial charge in [0.25, 0.3) is 0 Å². The predicted molar refractivity (Wildman–Crippen MR) is 105 cm³/mol. The Morgan fingerprint density at radius 3 is 2.32 bits per heavy atom. The molecular formula is C19H30N2O3Si. The molecule has 0 saturated carbocycles. The first-order chi connectivity index (χ1) is 11.5. The van der Waals surface area contributed by atoms with Crippen molar-refractivity contribution in [3.05, 3.63) is 24.4 Å². The third-order valence-electron chi connectivity index (χ3n) is 5.46. The molecule has 138 valence electrons. The second-order valence-corrected chi connectivity index (χ2v) is 13.0. The Kier molecular flexibility index (Phi) is 5.23. The number of benzene rings is 1. The number of carbonyl (C=O) groups excluding carboxylic acids is 1. The molecule has 0 aliphatic carbocycles. The van der Waals surface area contributed by atoms with E-state index >= 15 is 0 Å². The molecule has 25 heavy (non-hydrogen) atoms. The quantitative estimate of drug-likeness (QED) is 0.775. The molecule has 1 N–H and O–H groups in total. The number of phenolic OH excluding ortho intramolecular Hbond substituents is 1. The summed E-state index contributed by atoms with van der Waals surface area (Å²) in [5.74, 6) is 0.229. The van der Waals surface area contributed by atoms with E-state index in [1.807, 2.05) is 32.2 Å². The van der Waals surface area contributed by atoms with Gasteiger partial charge in [-0.1, -0.05) is 33.9 Å². The Hall–Kier alpha value is -1.95. The number of carbonyl (C=O) groups is 1. The van der Waals surface area contributed by atoms with Crippen LogP contribution in [0, 0.1) is 0 Å². The van der Waals surface area contributed by atoms with Gasteiger partial charge in [-0.05, 0) is 43.3 Å². The maximum Gasteiger partial charge on any atom is 0.415 e. The first-order valence-corrected chi connectivity index (χ1v) is 11.8. The molecule has 0 aliphatic heterocycles. The normalized spacial score (nSPS) is 12.4. The summed E-state index contributed by atoms with van der Waals surface area (Å²) in [6.45, 7) is 16.3. The fraction of sp³-hybridized carbons (Fsp3) is 0.526. The number of amides is 1. The summed E-state index contributed by atoms with van der Waals surface area (Å²) in [6, 6.07) is 5.52. The number of hydrogen-bond donors (Lipinski definition) is 1. The van der Waals surface area contributed by atoms with Crippen LogP contribution < -0.4 is 4.74 Å². The fourth-order valence-electron chi connectivity index (χ4n) is 2.75. The highest BCUT2D eigenvalue weighted by molar-refractivity contribution is 6.79. The lowest BCUT2D eigenvalue weighted by Gasteiger charge is -2.38. The van der Waals surface area contributed by atoms with Crippen LogP contribution >= 0.6 is 0 Å². The molecule has 2 aromatic rings. The maximum atomic E-state index is 12.2. The van der Waals surface area contributed by atoms with E-state index < -0.39 is 14.3 Å². The summed E-state index contributed by atoms with van der Waals surface area (Å²) in [5.41, 5.74) is 0.978. The number of fused-ring (bicyclic) bond motifs is 1. The summed E-state index contributed by atoms with van der Waals surface area (Å²) in [5, 5.41) is 11.5. The van der Waals surface area contributed by atoms with Crippen molar-refractivity contribution < 1.29 is 14.6 Å². The van der Waals surface area contributed by atoms with Gasteiger partial charge in [0, 0.05) is 24.0 Å². The lowest BCUT2D eigenvalue weighted by molar-refractivity contribution is 0.156. The van der Waals surface area contributed by atoms with Crippen LogP contribution in [-0.2, 0) is 0 Å². The number of aromatic hydroxyl groups is 1. The van der Waals surface area contributed by atoms with Gasteiger partial charge in [-0.15, -0.1) is 0 Å². The Labute approximate surface area is 151 Å². The van der Waals surface area contributed by atoms with Crippen LogP contribution in [0.25, 0.3) is 10.9 Å². The Morgan fingerprint density at radius 2 is 1.80 bits per heavy atom. The second kappa shape index (κ2) is 6.75. The Balaban J connectivity index is 2.45. The zero-order chi connectivity index (χ0) is 19.0. The van der Waals surface area contributed by atoms with Crippen molar-refractivity contribution in [1.29, 1.82) is 0 Å². The van der Waals surface area contributed by atoms with Gasteiger partial charge in [0.05, 0.1) is 0 Å². The topological polar surface area (TPSA) is 54.7 Å². The summed E-state index contributed by atoms with van der Waals surface area (Å²) in [7, 11) is -1.81. The number of hydrogen-bond acceptors (Lipinski definition) is 3. The minimum Gasteiger partial charge on any atom is -0.504 e. The van der Waals surface area contributed by atoms with Gasteiger partial charge in [-0.2, -0.15) is 0 Å². The van der Waals surface area contributed by atoms with E-state index in [1.54, 1.807) is 11.0 Å². The SMILES string of the molecule is CCN(CC)C(=O)Oc1ccc2c(ccn2[Si](C)(C)C(C)(C)C)c1O. The average molecular weight is 363 g/mol. The summed E-state index contributed by atoms with van der Waals surface area (Å²) in [6.07, 6.45) is 1.60. The highest BCUT2D eigenvalue weighted by Gasteiger charge is 2.38. The van der Waals surface area contributed by atoms with Gasteiger partial charge >= 0.3 is 6.09 Å². The number of nitrogens with zero attached hydrogens (tertiary/aromatic N) is 2. The molecule has 1 aromatic carbocycles. The standard InChI is InChI=1S/C19H30N2O3Si/c1-8-20(9-2)18(23)24-16-11-10-15-14(17(16)22)12-13-21(15)25(6,7)19(3,4)5/h10-13,22H,8-9H2,1-7H3. The minimum atomic E-state index is -1.81. The Morgan fingerprint density at radius 1 is 1.20 bits per heavy atom. The molecule has 1 aromatic heterocycles. The van der Waals surface area contributed by atoms with Crippen LogP contribution in [0.1, 0.15) is 34.6 Å². The molecule has 0 saturated heterocycles. The van der Waals surface area contributed by atoms with Crippen molar-refractivity contribution in [1.82, 2.24) is 9.13 Å². The van der Waals surface area contributed by atoms with Crippen molar-refractivity contribution in [2.24, 2.45) is 0 Å². The van der Waals surface area contributed by atoms with Crippen molar-refractivity contribution in [2.75, 3.05) is 13.1 Å². The summed E-state index contributed by atoms with van der Waals surface area (Å²) < 4.78 is 7.70. The molecule has 1 amide bonds. The number of rotatable bonds is 4. The van der Waals surface area contributed by atoms with Crippen LogP contribution in [0.5, 0.6) is 11.5 Å². The van der Waals surface area contributed by atoms with Gasteiger partial charge in [-0.25, -0.2) is 4.79 Å². The van der Waals surface area contributed by atoms with Crippen molar-refractivity contribution in [2.45, 2.75) is 52.8 Å². The predicted octanol–water partition coefficient (Wildman–Crippen LogP) is 5.04. The van der Waals surface area contributed by atoms with Crippen LogP contribution in [0.15, 0.2) is 24.4 Å². The molecule has 5 nitrogen and oxygen atoms in total. The smallest absolute Gasteiger partial charge is 0.415 e. The van der Waals surface area contributed by atoms with Gasteiger partial charge in [0.2, 0.25) is 0 Å². The molecule has 0 atom stereocenters. The lowest BCUT2D eigenvalue weighted by atomic mass is 10.2. The Bertz CT molecular complexity index is 771. The molecular weight excluding hydrogens is 332 g/mol. The first kappa shape index (κ1) is 19.4. The van der Waals surface area contributed by atoms with E-state index in [9.17, 15) is 9.90 Å². The van der Waals surface area contributed by atoms with Crippen molar-refractivity contribution >= 4 is 25.2 Å². The fourth-order valence-corrected chi connectivity index (χ4v) is 4.72. The molecule has 0 unspecified atom stereocenters. The van der Waals surface area contributed by atoms with Crippen molar-refractivity contribution in [3.63, 3.8) is 0 Å². The average Bonchev–Trinajstić information content (AvgIpc) is 2.95. The number of phenols is 1. The molecule has 0 spiro atoms. The van der Waals surface area contributed by atoms with Gasteiger partial charge in [0.1, 0.15) is 0 Å².